The summed E-state index contributed by atoms with van der Waals surface area (Å²) < 4.78 is 5.23. The molecule has 0 aliphatic heterocycles. The first-order valence-corrected chi connectivity index (χ1v) is 4.50. The fourth-order valence-corrected chi connectivity index (χ4v) is 0.959. The van der Waals surface area contributed by atoms with E-state index in [1.165, 1.54) is 0 Å². The lowest BCUT2D eigenvalue weighted by Crippen LogP contribution is -2.08. The number of ether oxygens (including phenoxy) is 1. The highest BCUT2D eigenvalue weighted by Crippen LogP contribution is 2.01. The largest absolute Gasteiger partial charge is 0.369 e. The van der Waals surface area contributed by atoms with E-state index in [-0.39, 0.29) is 12.4 Å². The summed E-state index contributed by atoms with van der Waals surface area (Å²) in [5, 5.41) is 0. The van der Waals surface area contributed by atoms with Gasteiger partial charge in [-0.15, -0.1) is 0 Å². The summed E-state index contributed by atoms with van der Waals surface area (Å²) in [5.74, 6) is -0.0408. The average Bonchev–Trinajstić information content (AvgIpc) is 2.19. The number of hydrogen-bond acceptors (Lipinski definition) is 2. The molecule has 2 heteroatoms. The minimum atomic E-state index is -0.0408. The third-order valence-electron chi connectivity index (χ3n) is 1.82. The highest BCUT2D eigenvalue weighted by molar-refractivity contribution is 5.95. The second-order valence-corrected chi connectivity index (χ2v) is 3.18. The summed E-state index contributed by atoms with van der Waals surface area (Å²) in [7, 11) is 0. The standard InChI is InChI=1S/C12H14O2/c1-10(2)12(13)9-14-8-11-6-4-3-5-7-11/h3-7H,1,8-9H2,2H3. The van der Waals surface area contributed by atoms with Crippen LogP contribution in [-0.2, 0) is 16.1 Å². The molecule has 0 saturated carbocycles. The Bertz CT molecular complexity index is 314. The van der Waals surface area contributed by atoms with E-state index in [1.54, 1.807) is 6.92 Å². The van der Waals surface area contributed by atoms with Crippen molar-refractivity contribution in [3.8, 4) is 0 Å². The van der Waals surface area contributed by atoms with Gasteiger partial charge in [-0.05, 0) is 18.1 Å². The zero-order chi connectivity index (χ0) is 10.4. The number of Topliss-reactive ketones (excluding diaryl/α,β-unsaturated/α-hetero) is 1. The van der Waals surface area contributed by atoms with E-state index in [0.717, 1.165) is 5.56 Å². The molecule has 0 N–H and O–H groups in total. The average molecular weight is 190 g/mol. The van der Waals surface area contributed by atoms with Gasteiger partial charge in [0.1, 0.15) is 6.61 Å². The molecule has 0 heterocycles. The molecule has 14 heavy (non-hydrogen) atoms. The van der Waals surface area contributed by atoms with Crippen molar-refractivity contribution < 1.29 is 9.53 Å². The van der Waals surface area contributed by atoms with Crippen molar-refractivity contribution in [3.63, 3.8) is 0 Å². The Balaban J connectivity index is 2.29. The highest BCUT2D eigenvalue weighted by Gasteiger charge is 2.01. The van der Waals surface area contributed by atoms with Crippen molar-refractivity contribution in [2.24, 2.45) is 0 Å². The van der Waals surface area contributed by atoms with E-state index >= 15 is 0 Å². The summed E-state index contributed by atoms with van der Waals surface area (Å²) in [5.41, 5.74) is 1.61. The molecule has 0 bridgehead atoms. The second kappa shape index (κ2) is 5.35. The number of ketones is 1. The van der Waals surface area contributed by atoms with Gasteiger partial charge in [-0.25, -0.2) is 0 Å². The molecule has 2 nitrogen and oxygen atoms in total. The SMILES string of the molecule is C=C(C)C(=O)COCc1ccccc1. The first-order chi connectivity index (χ1) is 6.70. The van der Waals surface area contributed by atoms with E-state index in [4.69, 9.17) is 4.74 Å². The quantitative estimate of drug-likeness (QED) is 0.666. The number of carbonyl (C=O) groups excluding carboxylic acids is 1. The molecule has 0 amide bonds. The summed E-state index contributed by atoms with van der Waals surface area (Å²) >= 11 is 0. The van der Waals surface area contributed by atoms with Crippen LogP contribution >= 0.6 is 0 Å². The summed E-state index contributed by atoms with van der Waals surface area (Å²) in [6.07, 6.45) is 0. The van der Waals surface area contributed by atoms with E-state index in [9.17, 15) is 4.79 Å². The van der Waals surface area contributed by atoms with E-state index in [2.05, 4.69) is 6.58 Å². The Hall–Kier alpha value is -1.41. The predicted octanol–water partition coefficient (Wildman–Crippen LogP) is 2.35. The third-order valence-corrected chi connectivity index (χ3v) is 1.82. The zero-order valence-corrected chi connectivity index (χ0v) is 8.32. The van der Waals surface area contributed by atoms with Crippen LogP contribution in [0.1, 0.15) is 12.5 Å². The first-order valence-electron chi connectivity index (χ1n) is 4.50. The van der Waals surface area contributed by atoms with Crippen molar-refractivity contribution in [2.45, 2.75) is 13.5 Å². The fraction of sp³-hybridized carbons (Fsp3) is 0.250. The van der Waals surface area contributed by atoms with Gasteiger partial charge in [-0.2, -0.15) is 0 Å². The van der Waals surface area contributed by atoms with Gasteiger partial charge in [-0.1, -0.05) is 36.9 Å². The molecule has 1 rings (SSSR count). The first kappa shape index (κ1) is 10.7. The predicted molar refractivity (Wildman–Crippen MR) is 55.9 cm³/mol. The van der Waals surface area contributed by atoms with Crippen LogP contribution in [0, 0.1) is 0 Å². The van der Waals surface area contributed by atoms with Crippen LogP contribution in [0.5, 0.6) is 0 Å². The van der Waals surface area contributed by atoms with E-state index in [1.807, 2.05) is 30.3 Å². The number of rotatable bonds is 5. The number of carbonyl (C=O) groups is 1. The minimum Gasteiger partial charge on any atom is -0.369 e. The van der Waals surface area contributed by atoms with E-state index in [0.29, 0.717) is 12.2 Å². The Morgan fingerprint density at radius 1 is 1.36 bits per heavy atom. The Morgan fingerprint density at radius 3 is 2.57 bits per heavy atom. The summed E-state index contributed by atoms with van der Waals surface area (Å²) in [6, 6.07) is 9.76. The molecular weight excluding hydrogens is 176 g/mol. The molecule has 0 radical (unpaired) electrons. The van der Waals surface area contributed by atoms with Crippen molar-refractivity contribution in [1.29, 1.82) is 0 Å². The van der Waals surface area contributed by atoms with Crippen molar-refractivity contribution in [3.05, 3.63) is 48.0 Å². The lowest BCUT2D eigenvalue weighted by atomic mass is 10.2. The van der Waals surface area contributed by atoms with Crippen LogP contribution in [0.25, 0.3) is 0 Å². The van der Waals surface area contributed by atoms with Crippen LogP contribution in [0.15, 0.2) is 42.5 Å². The molecule has 0 aliphatic rings. The molecule has 0 atom stereocenters. The van der Waals surface area contributed by atoms with Gasteiger partial charge < -0.3 is 4.74 Å². The van der Waals surface area contributed by atoms with Crippen molar-refractivity contribution >= 4 is 5.78 Å². The van der Waals surface area contributed by atoms with Crippen molar-refractivity contribution in [1.82, 2.24) is 0 Å². The molecule has 0 aromatic heterocycles. The van der Waals surface area contributed by atoms with Gasteiger partial charge in [0.05, 0.1) is 6.61 Å². The number of benzene rings is 1. The second-order valence-electron chi connectivity index (χ2n) is 3.18. The van der Waals surface area contributed by atoms with Gasteiger partial charge in [0, 0.05) is 0 Å². The monoisotopic (exact) mass is 190 g/mol. The highest BCUT2D eigenvalue weighted by atomic mass is 16.5. The fourth-order valence-electron chi connectivity index (χ4n) is 0.959. The Morgan fingerprint density at radius 2 is 2.00 bits per heavy atom. The Kier molecular flexibility index (Phi) is 4.08. The maximum Gasteiger partial charge on any atom is 0.183 e. The molecule has 0 fully saturated rings. The smallest absolute Gasteiger partial charge is 0.183 e. The van der Waals surface area contributed by atoms with E-state index < -0.39 is 0 Å². The summed E-state index contributed by atoms with van der Waals surface area (Å²) in [4.78, 5) is 11.1. The molecule has 0 spiro atoms. The van der Waals surface area contributed by atoms with Gasteiger partial charge in [-0.3, -0.25) is 4.79 Å². The zero-order valence-electron chi connectivity index (χ0n) is 8.32. The normalized spacial score (nSPS) is 9.79. The summed E-state index contributed by atoms with van der Waals surface area (Å²) in [6.45, 7) is 5.83. The molecule has 1 aromatic carbocycles. The van der Waals surface area contributed by atoms with Crippen LogP contribution < -0.4 is 0 Å². The van der Waals surface area contributed by atoms with Crippen molar-refractivity contribution in [2.75, 3.05) is 6.61 Å². The molecule has 0 unspecified atom stereocenters. The molecule has 0 aliphatic carbocycles. The van der Waals surface area contributed by atoms with Crippen LogP contribution in [0.4, 0.5) is 0 Å². The Labute approximate surface area is 84.2 Å². The molecule has 1 aromatic rings. The van der Waals surface area contributed by atoms with Gasteiger partial charge in [0.2, 0.25) is 0 Å². The lowest BCUT2D eigenvalue weighted by molar-refractivity contribution is -0.120. The van der Waals surface area contributed by atoms with Gasteiger partial charge in [0.15, 0.2) is 5.78 Å². The third kappa shape index (κ3) is 3.54. The topological polar surface area (TPSA) is 26.3 Å². The van der Waals surface area contributed by atoms with Gasteiger partial charge in [0.25, 0.3) is 0 Å². The minimum absolute atomic E-state index is 0.0408. The number of hydrogen-bond donors (Lipinski definition) is 0. The van der Waals surface area contributed by atoms with Gasteiger partial charge >= 0.3 is 0 Å². The lowest BCUT2D eigenvalue weighted by Gasteiger charge is -2.02. The van der Waals surface area contributed by atoms with Crippen LogP contribution in [0.3, 0.4) is 0 Å². The maximum absolute atomic E-state index is 11.1. The van der Waals surface area contributed by atoms with Crippen LogP contribution in [-0.4, -0.2) is 12.4 Å². The molecule has 0 saturated heterocycles. The maximum atomic E-state index is 11.1. The van der Waals surface area contributed by atoms with Crippen LogP contribution in [0.2, 0.25) is 0 Å². The molecule has 74 valence electrons. The molecular formula is C12H14O2.